The summed E-state index contributed by atoms with van der Waals surface area (Å²) < 4.78 is 0. The first-order valence-electron chi connectivity index (χ1n) is 7.01. The molecule has 1 fully saturated rings. The molecule has 1 rings (SSSR count). The van der Waals surface area contributed by atoms with Crippen molar-refractivity contribution in [1.82, 2.24) is 5.32 Å². The molecule has 1 saturated carbocycles. The Bertz CT molecular complexity index is 294. The van der Waals surface area contributed by atoms with Gasteiger partial charge in [0.25, 0.3) is 0 Å². The number of nitrogens with two attached hydrogens (primary N) is 1. The minimum Gasteiger partial charge on any atom is -0.393 e. The van der Waals surface area contributed by atoms with Crippen molar-refractivity contribution in [3.05, 3.63) is 0 Å². The van der Waals surface area contributed by atoms with Crippen LogP contribution < -0.4 is 11.1 Å². The molecule has 0 aromatic heterocycles. The molecule has 1 aliphatic rings. The zero-order chi connectivity index (χ0) is 13.6. The van der Waals surface area contributed by atoms with E-state index in [0.717, 1.165) is 12.8 Å². The molecule has 0 atom stereocenters. The number of amides is 1. The topological polar surface area (TPSA) is 55.1 Å². The fourth-order valence-electron chi connectivity index (χ4n) is 2.26. The lowest BCUT2D eigenvalue weighted by molar-refractivity contribution is -0.125. The van der Waals surface area contributed by atoms with Gasteiger partial charge >= 0.3 is 0 Å². The van der Waals surface area contributed by atoms with E-state index >= 15 is 0 Å². The van der Waals surface area contributed by atoms with Crippen LogP contribution >= 0.6 is 12.2 Å². The van der Waals surface area contributed by atoms with Crippen molar-refractivity contribution in [2.75, 3.05) is 6.54 Å². The lowest BCUT2D eigenvalue weighted by Gasteiger charge is -2.25. The van der Waals surface area contributed by atoms with Crippen molar-refractivity contribution in [3.63, 3.8) is 0 Å². The molecule has 0 heterocycles. The lowest BCUT2D eigenvalue weighted by atomic mass is 9.89. The third kappa shape index (κ3) is 4.92. The van der Waals surface area contributed by atoms with Crippen LogP contribution in [-0.4, -0.2) is 17.4 Å². The molecule has 1 amide bonds. The van der Waals surface area contributed by atoms with E-state index in [1.807, 2.05) is 13.8 Å². The van der Waals surface area contributed by atoms with E-state index in [9.17, 15) is 4.79 Å². The molecule has 0 aromatic carbocycles. The molecule has 0 spiro atoms. The first kappa shape index (κ1) is 15.4. The van der Waals surface area contributed by atoms with Gasteiger partial charge in [-0.1, -0.05) is 58.2 Å². The lowest BCUT2D eigenvalue weighted by Crippen LogP contribution is -2.43. The van der Waals surface area contributed by atoms with Crippen molar-refractivity contribution in [2.45, 2.75) is 58.8 Å². The van der Waals surface area contributed by atoms with E-state index in [4.69, 9.17) is 18.0 Å². The van der Waals surface area contributed by atoms with E-state index in [1.165, 1.54) is 32.1 Å². The van der Waals surface area contributed by atoms with Gasteiger partial charge in [0.2, 0.25) is 5.91 Å². The van der Waals surface area contributed by atoms with Gasteiger partial charge < -0.3 is 11.1 Å². The molecule has 0 saturated heterocycles. The van der Waals surface area contributed by atoms with E-state index in [-0.39, 0.29) is 17.2 Å². The molecule has 3 N–H and O–H groups in total. The highest BCUT2D eigenvalue weighted by molar-refractivity contribution is 7.80. The molecule has 1 aliphatic carbocycles. The van der Waals surface area contributed by atoms with Crippen LogP contribution in [-0.2, 0) is 4.79 Å². The van der Waals surface area contributed by atoms with Gasteiger partial charge in [0.05, 0.1) is 4.99 Å². The molecule has 104 valence electrons. The van der Waals surface area contributed by atoms with Gasteiger partial charge in [-0.3, -0.25) is 4.79 Å². The van der Waals surface area contributed by atoms with Crippen LogP contribution in [0.3, 0.4) is 0 Å². The number of nitrogens with one attached hydrogen (secondary N) is 1. The van der Waals surface area contributed by atoms with Crippen LogP contribution in [0.2, 0.25) is 0 Å². The summed E-state index contributed by atoms with van der Waals surface area (Å²) in [6.45, 7) is 4.47. The molecular formula is C14H26N2OS. The molecule has 3 nitrogen and oxygen atoms in total. The molecular weight excluding hydrogens is 244 g/mol. The second-order valence-corrected chi connectivity index (χ2v) is 6.45. The Hall–Kier alpha value is -0.640. The van der Waals surface area contributed by atoms with Crippen molar-refractivity contribution < 1.29 is 4.79 Å². The summed E-state index contributed by atoms with van der Waals surface area (Å²) in [7, 11) is 0. The van der Waals surface area contributed by atoms with Crippen molar-refractivity contribution >= 4 is 23.1 Å². The highest BCUT2D eigenvalue weighted by atomic mass is 32.1. The van der Waals surface area contributed by atoms with Gasteiger partial charge in [-0.05, 0) is 12.8 Å². The van der Waals surface area contributed by atoms with Gasteiger partial charge in [0, 0.05) is 17.9 Å². The van der Waals surface area contributed by atoms with Crippen LogP contribution in [0.15, 0.2) is 0 Å². The van der Waals surface area contributed by atoms with E-state index in [1.54, 1.807) is 0 Å². The van der Waals surface area contributed by atoms with Crippen molar-refractivity contribution in [3.8, 4) is 0 Å². The standard InChI is InChI=1S/C14H26N2OS/c1-14(2,13(15)18)10-16-12(17)11-8-6-4-3-5-7-9-11/h11H,3-10H2,1-2H3,(H2,15,18)(H,16,17). The van der Waals surface area contributed by atoms with Crippen LogP contribution in [0, 0.1) is 11.3 Å². The average Bonchev–Trinajstić information content (AvgIpc) is 2.25. The third-order valence-electron chi connectivity index (χ3n) is 3.85. The Kier molecular flexibility index (Phi) is 6.06. The van der Waals surface area contributed by atoms with Crippen molar-refractivity contribution in [1.29, 1.82) is 0 Å². The van der Waals surface area contributed by atoms with Gasteiger partial charge in [0.1, 0.15) is 0 Å². The summed E-state index contributed by atoms with van der Waals surface area (Å²) >= 11 is 5.01. The Balaban J connectivity index is 2.41. The number of hydrogen-bond acceptors (Lipinski definition) is 2. The summed E-state index contributed by atoms with van der Waals surface area (Å²) in [6.07, 6.45) is 8.26. The van der Waals surface area contributed by atoms with E-state index < -0.39 is 0 Å². The number of rotatable bonds is 4. The van der Waals surface area contributed by atoms with E-state index in [2.05, 4.69) is 5.32 Å². The smallest absolute Gasteiger partial charge is 0.223 e. The summed E-state index contributed by atoms with van der Waals surface area (Å²) in [5.41, 5.74) is 5.36. The Morgan fingerprint density at radius 2 is 1.72 bits per heavy atom. The maximum atomic E-state index is 12.1. The number of carbonyl (C=O) groups excluding carboxylic acids is 1. The maximum Gasteiger partial charge on any atom is 0.223 e. The summed E-state index contributed by atoms with van der Waals surface area (Å²) in [4.78, 5) is 12.6. The zero-order valence-corrected chi connectivity index (χ0v) is 12.4. The summed E-state index contributed by atoms with van der Waals surface area (Å²) in [5, 5.41) is 3.02. The highest BCUT2D eigenvalue weighted by Gasteiger charge is 2.25. The quantitative estimate of drug-likeness (QED) is 0.772. The van der Waals surface area contributed by atoms with Gasteiger partial charge in [-0.2, -0.15) is 0 Å². The SMILES string of the molecule is CC(C)(CNC(=O)C1CCCCCCC1)C(N)=S. The predicted molar refractivity (Wildman–Crippen MR) is 79.4 cm³/mol. The normalized spacial score (nSPS) is 18.8. The number of thiocarbonyl (C=S) groups is 1. The van der Waals surface area contributed by atoms with Crippen LogP contribution in [0.1, 0.15) is 58.8 Å². The largest absolute Gasteiger partial charge is 0.393 e. The van der Waals surface area contributed by atoms with Gasteiger partial charge in [-0.25, -0.2) is 0 Å². The number of carbonyl (C=O) groups is 1. The molecule has 18 heavy (non-hydrogen) atoms. The summed E-state index contributed by atoms with van der Waals surface area (Å²) in [5.74, 6) is 0.369. The second kappa shape index (κ2) is 7.07. The number of hydrogen-bond donors (Lipinski definition) is 2. The first-order valence-corrected chi connectivity index (χ1v) is 7.42. The fraction of sp³-hybridized carbons (Fsp3) is 0.857. The first-order chi connectivity index (χ1) is 8.43. The highest BCUT2D eigenvalue weighted by Crippen LogP contribution is 2.23. The fourth-order valence-corrected chi connectivity index (χ4v) is 2.33. The van der Waals surface area contributed by atoms with Gasteiger partial charge in [-0.15, -0.1) is 0 Å². The Labute approximate surface area is 116 Å². The minimum absolute atomic E-state index is 0.182. The van der Waals surface area contributed by atoms with Crippen LogP contribution in [0.4, 0.5) is 0 Å². The molecule has 0 bridgehead atoms. The predicted octanol–water partition coefficient (Wildman–Crippen LogP) is 2.78. The Morgan fingerprint density at radius 1 is 1.22 bits per heavy atom. The molecule has 0 radical (unpaired) electrons. The van der Waals surface area contributed by atoms with Crippen molar-refractivity contribution in [2.24, 2.45) is 17.1 Å². The maximum absolute atomic E-state index is 12.1. The molecule has 4 heteroatoms. The van der Waals surface area contributed by atoms with Crippen LogP contribution in [0.5, 0.6) is 0 Å². The monoisotopic (exact) mass is 270 g/mol. The van der Waals surface area contributed by atoms with Crippen LogP contribution in [0.25, 0.3) is 0 Å². The zero-order valence-electron chi connectivity index (χ0n) is 11.6. The minimum atomic E-state index is -0.299. The third-order valence-corrected chi connectivity index (χ3v) is 4.40. The average molecular weight is 270 g/mol. The van der Waals surface area contributed by atoms with Gasteiger partial charge in [0.15, 0.2) is 0 Å². The summed E-state index contributed by atoms with van der Waals surface area (Å²) in [6, 6.07) is 0. The van der Waals surface area contributed by atoms with E-state index in [0.29, 0.717) is 11.5 Å². The molecule has 0 aromatic rings. The molecule has 0 aliphatic heterocycles. The second-order valence-electron chi connectivity index (χ2n) is 6.01. The molecule has 0 unspecified atom stereocenters. The Morgan fingerprint density at radius 3 is 2.22 bits per heavy atom.